The summed E-state index contributed by atoms with van der Waals surface area (Å²) in [5.74, 6) is -9.44. The standard InChI is InChI=1S/2C11H5F3N.C6H5NO2.Ir/c2*12-8-5-7(6-9(13)11(8)14)10-3-1-2-4-15-10;8-6(9)5-3-1-2-4-7-5;/h2*1-5H;1-4H,(H,8,9);/q2*-1;;+3/p-1. The Morgan fingerprint density at radius 3 is 1.30 bits per heavy atom. The fourth-order valence-electron chi connectivity index (χ4n) is 2.81. The van der Waals surface area contributed by atoms with Crippen molar-refractivity contribution in [1.82, 2.24) is 15.0 Å². The maximum absolute atomic E-state index is 12.9. The molecule has 0 atom stereocenters. The Bertz CT molecular complexity index is 1410. The van der Waals surface area contributed by atoms with Gasteiger partial charge in [0.15, 0.2) is 0 Å². The SMILES string of the molecule is Fc1[c-]c(-c2ccccn2)cc(F)c1F.Fc1[c-]c(-c2ccccn2)cc(F)c1F.O=C([O-])c1ccccn1.[Ir+3]. The van der Waals surface area contributed by atoms with Crippen molar-refractivity contribution in [3.63, 3.8) is 0 Å². The molecular formula is C28H14F6IrN3O2. The summed E-state index contributed by atoms with van der Waals surface area (Å²) in [6.45, 7) is 0. The molecule has 0 radical (unpaired) electrons. The van der Waals surface area contributed by atoms with Crippen molar-refractivity contribution in [1.29, 1.82) is 0 Å². The number of hydrogen-bond acceptors (Lipinski definition) is 5. The number of benzene rings is 2. The normalized spacial score (nSPS) is 9.75. The van der Waals surface area contributed by atoms with Crippen molar-refractivity contribution in [2.24, 2.45) is 0 Å². The third kappa shape index (κ3) is 8.82. The van der Waals surface area contributed by atoms with E-state index in [-0.39, 0.29) is 36.9 Å². The van der Waals surface area contributed by atoms with Gasteiger partial charge >= 0.3 is 20.1 Å². The quantitative estimate of drug-likeness (QED) is 0.142. The van der Waals surface area contributed by atoms with Crippen LogP contribution >= 0.6 is 0 Å². The number of nitrogens with zero attached hydrogens (tertiary/aromatic N) is 3. The van der Waals surface area contributed by atoms with E-state index in [1.165, 1.54) is 24.7 Å². The summed E-state index contributed by atoms with van der Waals surface area (Å²) in [5.41, 5.74) is 0.835. The van der Waals surface area contributed by atoms with Gasteiger partial charge in [-0.1, -0.05) is 30.3 Å². The maximum Gasteiger partial charge on any atom is 3.00 e. The summed E-state index contributed by atoms with van der Waals surface area (Å²) in [6.07, 6.45) is 4.36. The number of carboxylic acid groups (broad SMARTS) is 1. The molecule has 0 aliphatic rings. The van der Waals surface area contributed by atoms with Crippen LogP contribution in [0.2, 0.25) is 0 Å². The van der Waals surface area contributed by atoms with E-state index in [1.807, 2.05) is 0 Å². The van der Waals surface area contributed by atoms with Crippen LogP contribution in [-0.2, 0) is 20.1 Å². The first-order chi connectivity index (χ1) is 18.7. The summed E-state index contributed by atoms with van der Waals surface area (Å²) in [6, 6.07) is 20.3. The zero-order valence-electron chi connectivity index (χ0n) is 19.8. The molecule has 0 aliphatic heterocycles. The second-order valence-electron chi connectivity index (χ2n) is 7.25. The Kier molecular flexibility index (Phi) is 12.1. The van der Waals surface area contributed by atoms with Crippen LogP contribution in [0.3, 0.4) is 0 Å². The number of carbonyl (C=O) groups is 1. The molecule has 0 saturated heterocycles. The number of halogens is 6. The van der Waals surface area contributed by atoms with E-state index in [2.05, 4.69) is 27.1 Å². The first-order valence-electron chi connectivity index (χ1n) is 10.8. The van der Waals surface area contributed by atoms with E-state index in [9.17, 15) is 36.2 Å². The van der Waals surface area contributed by atoms with E-state index >= 15 is 0 Å². The Morgan fingerprint density at radius 2 is 1.02 bits per heavy atom. The Balaban J connectivity index is 0.000000215. The van der Waals surface area contributed by atoms with Gasteiger partial charge in [0.2, 0.25) is 0 Å². The summed E-state index contributed by atoms with van der Waals surface area (Å²) in [4.78, 5) is 21.3. The number of aromatic carboxylic acids is 1. The molecule has 3 heterocycles. The predicted molar refractivity (Wildman–Crippen MR) is 125 cm³/mol. The zero-order valence-corrected chi connectivity index (χ0v) is 22.2. The van der Waals surface area contributed by atoms with E-state index < -0.39 is 40.9 Å². The van der Waals surface area contributed by atoms with E-state index in [1.54, 1.807) is 48.5 Å². The van der Waals surface area contributed by atoms with Crippen LogP contribution in [0.1, 0.15) is 10.5 Å². The summed E-state index contributed by atoms with van der Waals surface area (Å²) in [5, 5.41) is 10.0. The minimum atomic E-state index is -1.52. The van der Waals surface area contributed by atoms with E-state index in [4.69, 9.17) is 0 Å². The van der Waals surface area contributed by atoms with Crippen LogP contribution in [0, 0.1) is 47.0 Å². The zero-order chi connectivity index (χ0) is 28.4. The third-order valence-electron chi connectivity index (χ3n) is 4.59. The molecular weight excluding hydrogens is 717 g/mol. The Hall–Kier alpha value is -4.41. The topological polar surface area (TPSA) is 78.8 Å². The molecule has 204 valence electrons. The molecule has 0 amide bonds. The molecule has 0 spiro atoms. The molecule has 0 fully saturated rings. The van der Waals surface area contributed by atoms with Gasteiger partial charge in [-0.3, -0.25) is 13.8 Å². The minimum Gasteiger partial charge on any atom is -0.543 e. The van der Waals surface area contributed by atoms with Crippen molar-refractivity contribution >= 4 is 5.97 Å². The van der Waals surface area contributed by atoms with Crippen LogP contribution in [0.5, 0.6) is 0 Å². The summed E-state index contributed by atoms with van der Waals surface area (Å²) >= 11 is 0. The smallest absolute Gasteiger partial charge is 0.543 e. The number of carbonyl (C=O) groups excluding carboxylic acids is 1. The van der Waals surface area contributed by atoms with Gasteiger partial charge in [0.25, 0.3) is 0 Å². The van der Waals surface area contributed by atoms with Crippen LogP contribution in [0.25, 0.3) is 22.5 Å². The maximum atomic E-state index is 12.9. The first-order valence-corrected chi connectivity index (χ1v) is 10.8. The molecule has 5 nitrogen and oxygen atoms in total. The van der Waals surface area contributed by atoms with Gasteiger partial charge in [0.05, 0.1) is 34.9 Å². The van der Waals surface area contributed by atoms with Crippen LogP contribution in [0.15, 0.2) is 85.3 Å². The second-order valence-corrected chi connectivity index (χ2v) is 7.25. The molecule has 5 aromatic rings. The Labute approximate surface area is 237 Å². The molecule has 0 N–H and O–H groups in total. The first kappa shape index (κ1) is 31.8. The van der Waals surface area contributed by atoms with Gasteiger partial charge in [-0.05, 0) is 35.7 Å². The minimum absolute atomic E-state index is 0. The predicted octanol–water partition coefficient (Wildman–Crippen LogP) is 5.37. The molecule has 2 aromatic carbocycles. The molecule has 0 bridgehead atoms. The van der Waals surface area contributed by atoms with Crippen LogP contribution in [0.4, 0.5) is 26.3 Å². The van der Waals surface area contributed by atoms with Crippen LogP contribution < -0.4 is 5.11 Å². The van der Waals surface area contributed by atoms with E-state index in [0.29, 0.717) is 11.4 Å². The van der Waals surface area contributed by atoms with Crippen LogP contribution in [-0.4, -0.2) is 20.9 Å². The largest absolute Gasteiger partial charge is 3.00 e. The number of pyridine rings is 3. The van der Waals surface area contributed by atoms with Gasteiger partial charge in [0.1, 0.15) is 11.6 Å². The van der Waals surface area contributed by atoms with Crippen molar-refractivity contribution in [2.75, 3.05) is 0 Å². The molecule has 0 unspecified atom stereocenters. The number of aromatic nitrogens is 3. The van der Waals surface area contributed by atoms with Crippen molar-refractivity contribution in [3.05, 3.63) is 138 Å². The molecule has 0 aliphatic carbocycles. The van der Waals surface area contributed by atoms with Crippen molar-refractivity contribution in [2.45, 2.75) is 0 Å². The van der Waals surface area contributed by atoms with Gasteiger partial charge in [-0.25, -0.2) is 17.6 Å². The Morgan fingerprint density at radius 1 is 0.625 bits per heavy atom. The molecule has 3 aromatic heterocycles. The third-order valence-corrected chi connectivity index (χ3v) is 4.59. The van der Waals surface area contributed by atoms with Gasteiger partial charge < -0.3 is 19.9 Å². The molecule has 0 saturated carbocycles. The van der Waals surface area contributed by atoms with Gasteiger partial charge in [0, 0.05) is 18.6 Å². The number of rotatable bonds is 3. The summed E-state index contributed by atoms with van der Waals surface area (Å²) < 4.78 is 76.6. The monoisotopic (exact) mass is 731 g/mol. The van der Waals surface area contributed by atoms with Gasteiger partial charge in [-0.15, -0.1) is 35.4 Å². The van der Waals surface area contributed by atoms with Crippen molar-refractivity contribution in [3.8, 4) is 22.5 Å². The molecule has 12 heteroatoms. The number of hydrogen-bond donors (Lipinski definition) is 0. The molecule has 40 heavy (non-hydrogen) atoms. The fourth-order valence-corrected chi connectivity index (χ4v) is 2.81. The average Bonchev–Trinajstić information content (AvgIpc) is 2.96. The van der Waals surface area contributed by atoms with E-state index in [0.717, 1.165) is 12.1 Å². The number of carboxylic acids is 1. The van der Waals surface area contributed by atoms with Gasteiger partial charge in [-0.2, -0.15) is 0 Å². The molecule has 5 rings (SSSR count). The summed E-state index contributed by atoms with van der Waals surface area (Å²) in [7, 11) is 0. The average molecular weight is 731 g/mol. The second kappa shape index (κ2) is 15.2. The fraction of sp³-hybridized carbons (Fsp3) is 0. The van der Waals surface area contributed by atoms with Crippen molar-refractivity contribution < 1.29 is 56.3 Å².